The second-order valence-corrected chi connectivity index (χ2v) is 9.00. The van der Waals surface area contributed by atoms with E-state index in [1.54, 1.807) is 22.9 Å². The van der Waals surface area contributed by atoms with Crippen molar-refractivity contribution in [2.24, 2.45) is 7.05 Å². The summed E-state index contributed by atoms with van der Waals surface area (Å²) in [4.78, 5) is 16.8. The summed E-state index contributed by atoms with van der Waals surface area (Å²) in [5.74, 6) is 0.0628. The quantitative estimate of drug-likeness (QED) is 0.413. The van der Waals surface area contributed by atoms with Gasteiger partial charge in [-0.2, -0.15) is 0 Å². The molecule has 6 rings (SSSR count). The van der Waals surface area contributed by atoms with Crippen molar-refractivity contribution in [3.8, 4) is 11.4 Å². The van der Waals surface area contributed by atoms with Crippen LogP contribution in [0.1, 0.15) is 42.3 Å². The molecule has 0 radical (unpaired) electrons. The Balaban J connectivity index is 0.00000144. The molecule has 1 saturated heterocycles. The summed E-state index contributed by atoms with van der Waals surface area (Å²) in [6.45, 7) is 0.167. The predicted octanol–water partition coefficient (Wildman–Crippen LogP) is 5.03. The number of halogens is 3. The molecule has 0 aliphatic carbocycles. The Bertz CT molecular complexity index is 1420. The fourth-order valence-corrected chi connectivity index (χ4v) is 5.35. The molecule has 2 aliphatic heterocycles. The molecule has 184 valence electrons. The van der Waals surface area contributed by atoms with Gasteiger partial charge in [0, 0.05) is 48.9 Å². The van der Waals surface area contributed by atoms with E-state index < -0.39 is 5.82 Å². The number of rotatable bonds is 4. The molecule has 2 atom stereocenters. The zero-order valence-corrected chi connectivity index (χ0v) is 20.9. The fraction of sp³-hybridized carbons (Fsp3) is 0.308. The molecule has 4 aromatic rings. The minimum absolute atomic E-state index is 0. The minimum atomic E-state index is -0.392. The van der Waals surface area contributed by atoms with Gasteiger partial charge in [0.05, 0.1) is 23.1 Å². The van der Waals surface area contributed by atoms with Crippen LogP contribution >= 0.6 is 24.8 Å². The maximum absolute atomic E-state index is 13.0. The Morgan fingerprint density at radius 1 is 1.14 bits per heavy atom. The highest BCUT2D eigenvalue weighted by molar-refractivity contribution is 5.88. The number of benzene rings is 1. The lowest BCUT2D eigenvalue weighted by molar-refractivity contribution is 0.299. The first-order valence-corrected chi connectivity index (χ1v) is 11.4. The van der Waals surface area contributed by atoms with Crippen LogP contribution < -0.4 is 15.6 Å². The van der Waals surface area contributed by atoms with Gasteiger partial charge in [0.1, 0.15) is 18.2 Å². The summed E-state index contributed by atoms with van der Waals surface area (Å²) in [7, 11) is 2.13. The van der Waals surface area contributed by atoms with Gasteiger partial charge in [-0.25, -0.2) is 4.39 Å². The second-order valence-electron chi connectivity index (χ2n) is 9.00. The van der Waals surface area contributed by atoms with Crippen molar-refractivity contribution >= 4 is 35.7 Å². The second kappa shape index (κ2) is 10.0. The van der Waals surface area contributed by atoms with E-state index in [-0.39, 0.29) is 37.0 Å². The lowest BCUT2D eigenvalue weighted by atomic mass is 9.84. The topological polar surface area (TPSA) is 61.1 Å². The van der Waals surface area contributed by atoms with Gasteiger partial charge < -0.3 is 14.6 Å². The van der Waals surface area contributed by atoms with Crippen LogP contribution in [0.3, 0.4) is 0 Å². The van der Waals surface area contributed by atoms with Gasteiger partial charge >= 0.3 is 0 Å². The van der Waals surface area contributed by atoms with E-state index in [9.17, 15) is 9.18 Å². The van der Waals surface area contributed by atoms with Gasteiger partial charge in [0.15, 0.2) is 0 Å². The third-order valence-corrected chi connectivity index (χ3v) is 6.96. The number of hydrogen-bond acceptors (Lipinski definition) is 4. The Hall–Kier alpha value is -2.87. The molecule has 5 heterocycles. The lowest BCUT2D eigenvalue weighted by Crippen LogP contribution is -2.42. The average Bonchev–Trinajstić information content (AvgIpc) is 3.10. The van der Waals surface area contributed by atoms with Crippen molar-refractivity contribution in [2.45, 2.75) is 44.4 Å². The van der Waals surface area contributed by atoms with Crippen LogP contribution in [0, 0.1) is 5.82 Å². The third-order valence-electron chi connectivity index (χ3n) is 6.96. The van der Waals surface area contributed by atoms with E-state index in [2.05, 4.69) is 34.0 Å². The molecular weight excluding hydrogens is 490 g/mol. The predicted molar refractivity (Wildman–Crippen MR) is 139 cm³/mol. The maximum Gasteiger partial charge on any atom is 0.258 e. The van der Waals surface area contributed by atoms with Gasteiger partial charge in [0.25, 0.3) is 5.56 Å². The number of nitrogens with zero attached hydrogens (tertiary/aromatic N) is 3. The summed E-state index contributed by atoms with van der Waals surface area (Å²) in [6.07, 6.45) is 7.63. The number of aryl methyl sites for hydroxylation is 1. The lowest BCUT2D eigenvalue weighted by Gasteiger charge is -2.36. The van der Waals surface area contributed by atoms with E-state index in [0.29, 0.717) is 23.5 Å². The molecule has 0 spiro atoms. The number of pyridine rings is 2. The molecule has 6 nitrogen and oxygen atoms in total. The molecule has 9 heteroatoms. The number of fused-ring (bicyclic) bond motifs is 6. The largest absolute Gasteiger partial charge is 0.487 e. The van der Waals surface area contributed by atoms with Crippen LogP contribution in [0.15, 0.2) is 59.7 Å². The summed E-state index contributed by atoms with van der Waals surface area (Å²) in [6, 6.07) is 13.4. The van der Waals surface area contributed by atoms with E-state index in [0.717, 1.165) is 23.8 Å². The summed E-state index contributed by atoms with van der Waals surface area (Å²) in [5.41, 5.74) is 5.25. The summed E-state index contributed by atoms with van der Waals surface area (Å²) >= 11 is 0. The average molecular weight is 517 g/mol. The monoisotopic (exact) mass is 516 g/mol. The van der Waals surface area contributed by atoms with Crippen LogP contribution in [-0.4, -0.2) is 20.2 Å². The Kier molecular flexibility index (Phi) is 7.22. The Morgan fingerprint density at radius 2 is 2.00 bits per heavy atom. The van der Waals surface area contributed by atoms with Gasteiger partial charge in [-0.15, -0.1) is 24.8 Å². The molecule has 0 saturated carbocycles. The summed E-state index contributed by atoms with van der Waals surface area (Å²) in [5, 5.41) is 5.07. The van der Waals surface area contributed by atoms with E-state index in [4.69, 9.17) is 4.74 Å². The molecule has 1 fully saturated rings. The first kappa shape index (κ1) is 25.2. The normalized spacial score (nSPS) is 18.3. The SMILES string of the molecule is Cl.Cl.Cn1c2c(c3ccc(-n4ccc(OCc5ccc(F)cn5)cc4=O)cc31)C1CCCC(C2)N1. The molecule has 2 bridgehead atoms. The van der Waals surface area contributed by atoms with E-state index in [1.165, 1.54) is 48.0 Å². The maximum atomic E-state index is 13.0. The van der Waals surface area contributed by atoms with Crippen molar-refractivity contribution in [2.75, 3.05) is 0 Å². The van der Waals surface area contributed by atoms with Crippen LogP contribution in [0.5, 0.6) is 5.75 Å². The highest BCUT2D eigenvalue weighted by atomic mass is 35.5. The molecule has 0 amide bonds. The van der Waals surface area contributed by atoms with Crippen molar-refractivity contribution < 1.29 is 9.13 Å². The number of ether oxygens (including phenoxy) is 1. The number of piperidine rings is 1. The van der Waals surface area contributed by atoms with Crippen LogP contribution in [0.4, 0.5) is 4.39 Å². The Morgan fingerprint density at radius 3 is 2.77 bits per heavy atom. The molecule has 3 aromatic heterocycles. The highest BCUT2D eigenvalue weighted by Crippen LogP contribution is 2.40. The van der Waals surface area contributed by atoms with Gasteiger partial charge in [-0.3, -0.25) is 14.3 Å². The first-order valence-electron chi connectivity index (χ1n) is 11.4. The highest BCUT2D eigenvalue weighted by Gasteiger charge is 2.33. The number of aromatic nitrogens is 3. The van der Waals surface area contributed by atoms with Crippen LogP contribution in [-0.2, 0) is 20.1 Å². The van der Waals surface area contributed by atoms with Crippen LogP contribution in [0.25, 0.3) is 16.6 Å². The minimum Gasteiger partial charge on any atom is -0.487 e. The van der Waals surface area contributed by atoms with Crippen molar-refractivity contribution in [3.63, 3.8) is 0 Å². The van der Waals surface area contributed by atoms with Crippen molar-refractivity contribution in [3.05, 3.63) is 88.0 Å². The third kappa shape index (κ3) is 4.56. The van der Waals surface area contributed by atoms with Gasteiger partial charge in [-0.05, 0) is 55.2 Å². The zero-order chi connectivity index (χ0) is 22.5. The molecular formula is C26H27Cl2FN4O2. The van der Waals surface area contributed by atoms with Crippen molar-refractivity contribution in [1.82, 2.24) is 19.4 Å². The summed E-state index contributed by atoms with van der Waals surface area (Å²) < 4.78 is 22.6. The number of nitrogens with one attached hydrogen (secondary N) is 1. The molecule has 2 unspecified atom stereocenters. The standard InChI is InChI=1S/C26H25FN4O2.2ClH/c1-30-23-12-19(7-8-21(23)26-22-4-2-3-17(29-22)11-24(26)30)31-10-9-20(13-25(31)32)33-15-18-6-5-16(27)14-28-18;;/h5-10,12-14,17,22,29H,2-4,11,15H2,1H3;2*1H. The van der Waals surface area contributed by atoms with Crippen molar-refractivity contribution in [1.29, 1.82) is 0 Å². The first-order chi connectivity index (χ1) is 16.1. The smallest absolute Gasteiger partial charge is 0.258 e. The van der Waals surface area contributed by atoms with E-state index >= 15 is 0 Å². The molecule has 2 aliphatic rings. The van der Waals surface area contributed by atoms with Gasteiger partial charge in [0.2, 0.25) is 0 Å². The molecule has 35 heavy (non-hydrogen) atoms. The molecule has 1 N–H and O–H groups in total. The zero-order valence-electron chi connectivity index (χ0n) is 19.2. The van der Waals surface area contributed by atoms with Crippen LogP contribution in [0.2, 0.25) is 0 Å². The number of hydrogen-bond donors (Lipinski definition) is 1. The van der Waals surface area contributed by atoms with Gasteiger partial charge in [-0.1, -0.05) is 6.07 Å². The molecule has 1 aromatic carbocycles. The Labute approximate surface area is 215 Å². The van der Waals surface area contributed by atoms with E-state index in [1.807, 2.05) is 6.07 Å². The fourth-order valence-electron chi connectivity index (χ4n) is 5.35.